The average molecular weight is 318 g/mol. The highest BCUT2D eigenvalue weighted by atomic mass is 35.5. The van der Waals surface area contributed by atoms with E-state index in [9.17, 15) is 14.0 Å². The van der Waals surface area contributed by atoms with Crippen molar-refractivity contribution in [2.24, 2.45) is 0 Å². The molecule has 0 fully saturated rings. The van der Waals surface area contributed by atoms with Crippen molar-refractivity contribution < 1.29 is 9.18 Å². The fraction of sp³-hybridized carbons (Fsp3) is 0.0667. The summed E-state index contributed by atoms with van der Waals surface area (Å²) in [5, 5.41) is -0.0686. The van der Waals surface area contributed by atoms with Gasteiger partial charge in [-0.05, 0) is 48.0 Å². The maximum absolute atomic E-state index is 13.0. The van der Waals surface area contributed by atoms with Gasteiger partial charge in [0.2, 0.25) is 5.28 Å². The molecule has 2 aromatic heterocycles. The van der Waals surface area contributed by atoms with Gasteiger partial charge in [-0.15, -0.1) is 0 Å². The van der Waals surface area contributed by atoms with E-state index >= 15 is 0 Å². The molecule has 1 aromatic carbocycles. The molecule has 0 aliphatic carbocycles. The molecule has 2 heterocycles. The third-order valence-electron chi connectivity index (χ3n) is 3.15. The highest BCUT2D eigenvalue weighted by Crippen LogP contribution is 2.20. The normalized spacial score (nSPS) is 10.8. The van der Waals surface area contributed by atoms with E-state index in [-0.39, 0.29) is 23.2 Å². The number of aldehydes is 1. The second kappa shape index (κ2) is 5.65. The highest BCUT2D eigenvalue weighted by molar-refractivity contribution is 6.28. The zero-order valence-electron chi connectivity index (χ0n) is 11.2. The van der Waals surface area contributed by atoms with E-state index in [0.717, 1.165) is 4.57 Å². The SMILES string of the molecule is O=CCn1c(Cl)nc2ccc(-c3ccc(F)cc3)nc2c1=O. The minimum Gasteiger partial charge on any atom is -0.301 e. The van der Waals surface area contributed by atoms with Gasteiger partial charge in [0.1, 0.15) is 12.1 Å². The van der Waals surface area contributed by atoms with Crippen LogP contribution in [0.25, 0.3) is 22.3 Å². The number of pyridine rings is 1. The van der Waals surface area contributed by atoms with Gasteiger partial charge in [0.05, 0.1) is 17.8 Å². The summed E-state index contributed by atoms with van der Waals surface area (Å²) in [4.78, 5) is 31.3. The van der Waals surface area contributed by atoms with Crippen LogP contribution < -0.4 is 5.56 Å². The third-order valence-corrected chi connectivity index (χ3v) is 3.44. The minimum absolute atomic E-state index is 0.0686. The molecule has 0 spiro atoms. The quantitative estimate of drug-likeness (QED) is 0.550. The molecule has 0 bridgehead atoms. The molecule has 0 aliphatic rings. The number of hydrogen-bond donors (Lipinski definition) is 0. The predicted molar refractivity (Wildman–Crippen MR) is 80.3 cm³/mol. The number of nitrogens with zero attached hydrogens (tertiary/aromatic N) is 3. The van der Waals surface area contributed by atoms with E-state index in [0.29, 0.717) is 23.1 Å². The maximum atomic E-state index is 13.0. The lowest BCUT2D eigenvalue weighted by molar-refractivity contribution is -0.108. The van der Waals surface area contributed by atoms with E-state index in [1.165, 1.54) is 12.1 Å². The third kappa shape index (κ3) is 2.48. The number of hydrogen-bond acceptors (Lipinski definition) is 4. The molecule has 0 unspecified atom stereocenters. The van der Waals surface area contributed by atoms with Gasteiger partial charge in [-0.25, -0.2) is 14.4 Å². The zero-order valence-corrected chi connectivity index (χ0v) is 11.9. The van der Waals surface area contributed by atoms with Crippen molar-refractivity contribution in [3.63, 3.8) is 0 Å². The van der Waals surface area contributed by atoms with Crippen LogP contribution in [0.4, 0.5) is 4.39 Å². The van der Waals surface area contributed by atoms with E-state index in [1.54, 1.807) is 24.3 Å². The van der Waals surface area contributed by atoms with Gasteiger partial charge >= 0.3 is 0 Å². The topological polar surface area (TPSA) is 64.8 Å². The summed E-state index contributed by atoms with van der Waals surface area (Å²) in [6.07, 6.45) is 0.560. The summed E-state index contributed by atoms with van der Waals surface area (Å²) in [7, 11) is 0. The van der Waals surface area contributed by atoms with Gasteiger partial charge in [0.25, 0.3) is 5.56 Å². The molecule has 22 heavy (non-hydrogen) atoms. The summed E-state index contributed by atoms with van der Waals surface area (Å²) in [5.74, 6) is -0.355. The van der Waals surface area contributed by atoms with Crippen molar-refractivity contribution in [2.45, 2.75) is 6.54 Å². The van der Waals surface area contributed by atoms with E-state index in [2.05, 4.69) is 9.97 Å². The Balaban J connectivity index is 2.22. The largest absolute Gasteiger partial charge is 0.301 e. The van der Waals surface area contributed by atoms with Crippen LogP contribution in [0.1, 0.15) is 0 Å². The molecule has 0 amide bonds. The number of benzene rings is 1. The van der Waals surface area contributed by atoms with Gasteiger partial charge < -0.3 is 4.79 Å². The molecule has 3 aromatic rings. The van der Waals surface area contributed by atoms with Crippen molar-refractivity contribution in [1.82, 2.24) is 14.5 Å². The van der Waals surface area contributed by atoms with Crippen LogP contribution in [0, 0.1) is 5.82 Å². The van der Waals surface area contributed by atoms with E-state index < -0.39 is 5.56 Å². The standard InChI is InChI=1S/C15H9ClFN3O2/c16-15-19-12-6-5-11(9-1-3-10(17)4-2-9)18-13(12)14(22)20(15)7-8-21/h1-6,8H,7H2. The lowest BCUT2D eigenvalue weighted by atomic mass is 10.1. The van der Waals surface area contributed by atoms with Gasteiger partial charge in [-0.1, -0.05) is 0 Å². The average Bonchev–Trinajstić information content (AvgIpc) is 2.52. The van der Waals surface area contributed by atoms with E-state index in [4.69, 9.17) is 11.6 Å². The molecule has 7 heteroatoms. The van der Waals surface area contributed by atoms with Crippen LogP contribution in [-0.4, -0.2) is 20.8 Å². The molecule has 5 nitrogen and oxygen atoms in total. The van der Waals surface area contributed by atoms with Crippen molar-refractivity contribution in [1.29, 1.82) is 0 Å². The number of halogens is 2. The molecule has 0 radical (unpaired) electrons. The summed E-state index contributed by atoms with van der Waals surface area (Å²) >= 11 is 5.88. The summed E-state index contributed by atoms with van der Waals surface area (Å²) in [5.41, 5.74) is 1.12. The van der Waals surface area contributed by atoms with Crippen LogP contribution in [0.3, 0.4) is 0 Å². The molecule has 0 atom stereocenters. The molecular formula is C15H9ClFN3O2. The Morgan fingerprint density at radius 1 is 1.14 bits per heavy atom. The smallest absolute Gasteiger partial charge is 0.281 e. The number of carbonyl (C=O) groups excluding carboxylic acids is 1. The first-order valence-electron chi connectivity index (χ1n) is 6.37. The monoisotopic (exact) mass is 317 g/mol. The first-order valence-corrected chi connectivity index (χ1v) is 6.74. The van der Waals surface area contributed by atoms with Crippen molar-refractivity contribution >= 4 is 28.9 Å². The summed E-state index contributed by atoms with van der Waals surface area (Å²) < 4.78 is 14.0. The molecular weight excluding hydrogens is 309 g/mol. The number of fused-ring (bicyclic) bond motifs is 1. The maximum Gasteiger partial charge on any atom is 0.281 e. The number of carbonyl (C=O) groups is 1. The van der Waals surface area contributed by atoms with Crippen LogP contribution >= 0.6 is 11.6 Å². The second-order valence-electron chi connectivity index (χ2n) is 4.53. The second-order valence-corrected chi connectivity index (χ2v) is 4.87. The van der Waals surface area contributed by atoms with Gasteiger partial charge in [0, 0.05) is 5.56 Å². The zero-order chi connectivity index (χ0) is 15.7. The molecule has 3 rings (SSSR count). The Labute approximate surface area is 129 Å². The predicted octanol–water partition coefficient (Wildman–Crippen LogP) is 2.45. The van der Waals surface area contributed by atoms with Crippen molar-refractivity contribution in [3.8, 4) is 11.3 Å². The first kappa shape index (κ1) is 14.3. The van der Waals surface area contributed by atoms with Gasteiger partial charge in [0.15, 0.2) is 5.52 Å². The van der Waals surface area contributed by atoms with Gasteiger partial charge in [-0.3, -0.25) is 9.36 Å². The van der Waals surface area contributed by atoms with Crippen molar-refractivity contribution in [3.05, 3.63) is 57.9 Å². The van der Waals surface area contributed by atoms with Crippen LogP contribution in [-0.2, 0) is 11.3 Å². The molecule has 0 aliphatic heterocycles. The molecule has 0 saturated carbocycles. The van der Waals surface area contributed by atoms with Crippen LogP contribution in [0.2, 0.25) is 5.28 Å². The highest BCUT2D eigenvalue weighted by Gasteiger charge is 2.11. The lowest BCUT2D eigenvalue weighted by Crippen LogP contribution is -2.23. The van der Waals surface area contributed by atoms with Crippen molar-refractivity contribution in [2.75, 3.05) is 0 Å². The van der Waals surface area contributed by atoms with Crippen LogP contribution in [0.5, 0.6) is 0 Å². The summed E-state index contributed by atoms with van der Waals surface area (Å²) in [6, 6.07) is 9.04. The van der Waals surface area contributed by atoms with Crippen LogP contribution in [0.15, 0.2) is 41.2 Å². The minimum atomic E-state index is -0.494. The number of aromatic nitrogens is 3. The lowest BCUT2D eigenvalue weighted by Gasteiger charge is -2.07. The van der Waals surface area contributed by atoms with E-state index in [1.807, 2.05) is 0 Å². The Hall–Kier alpha value is -2.60. The Kier molecular flexibility index (Phi) is 3.68. The fourth-order valence-corrected chi connectivity index (χ4v) is 2.32. The summed E-state index contributed by atoms with van der Waals surface area (Å²) in [6.45, 7) is -0.191. The molecule has 0 saturated heterocycles. The van der Waals surface area contributed by atoms with Gasteiger partial charge in [-0.2, -0.15) is 0 Å². The molecule has 110 valence electrons. The first-order chi connectivity index (χ1) is 10.6. The number of rotatable bonds is 3. The Morgan fingerprint density at radius 3 is 2.55 bits per heavy atom. The molecule has 0 N–H and O–H groups in total. The Morgan fingerprint density at radius 2 is 1.86 bits per heavy atom. The fourth-order valence-electron chi connectivity index (χ4n) is 2.08. The Bertz CT molecular complexity index is 922.